The van der Waals surface area contributed by atoms with Crippen LogP contribution in [0.1, 0.15) is 11.1 Å². The lowest BCUT2D eigenvalue weighted by atomic mass is 9.85. The van der Waals surface area contributed by atoms with Crippen LogP contribution in [-0.2, 0) is 5.60 Å². The fourth-order valence-electron chi connectivity index (χ4n) is 3.05. The van der Waals surface area contributed by atoms with E-state index in [9.17, 15) is 18.3 Å². The SMILES string of the molecule is COc1ccc2c(c1)C(O)(C(F)(F)F)c1cnc3ccccc3c1S2. The molecule has 3 aromatic rings. The molecule has 2 aromatic carbocycles. The van der Waals surface area contributed by atoms with Crippen LogP contribution in [0.5, 0.6) is 5.75 Å². The lowest BCUT2D eigenvalue weighted by molar-refractivity contribution is -0.250. The predicted molar refractivity (Wildman–Crippen MR) is 87.9 cm³/mol. The van der Waals surface area contributed by atoms with Crippen LogP contribution in [0.3, 0.4) is 0 Å². The van der Waals surface area contributed by atoms with Gasteiger partial charge in [0.05, 0.1) is 12.6 Å². The molecule has 25 heavy (non-hydrogen) atoms. The van der Waals surface area contributed by atoms with E-state index in [-0.39, 0.29) is 16.9 Å². The monoisotopic (exact) mass is 363 g/mol. The van der Waals surface area contributed by atoms with Crippen LogP contribution in [0.15, 0.2) is 58.5 Å². The van der Waals surface area contributed by atoms with E-state index in [1.165, 1.54) is 31.0 Å². The molecule has 1 N–H and O–H groups in total. The molecule has 1 unspecified atom stereocenters. The van der Waals surface area contributed by atoms with E-state index in [0.717, 1.165) is 6.20 Å². The van der Waals surface area contributed by atoms with Crippen molar-refractivity contribution in [3.05, 3.63) is 59.8 Å². The number of nitrogens with zero attached hydrogens (tertiary/aromatic N) is 1. The standard InChI is InChI=1S/C18H12F3NO2S/c1-24-10-6-7-15-12(8-10)17(23,18(19,20)21)13-9-22-14-5-3-2-4-11(14)16(13)25-15/h2-9,23H,1H3. The average Bonchev–Trinajstić information content (AvgIpc) is 2.60. The van der Waals surface area contributed by atoms with Crippen molar-refractivity contribution in [2.24, 2.45) is 0 Å². The number of benzene rings is 2. The van der Waals surface area contributed by atoms with Crippen molar-refractivity contribution >= 4 is 22.7 Å². The van der Waals surface area contributed by atoms with Gasteiger partial charge in [-0.25, -0.2) is 0 Å². The lowest BCUT2D eigenvalue weighted by Gasteiger charge is -2.37. The minimum absolute atomic E-state index is 0.242. The molecule has 2 heterocycles. The Morgan fingerprint density at radius 1 is 1.12 bits per heavy atom. The number of aliphatic hydroxyl groups is 1. The number of hydrogen-bond acceptors (Lipinski definition) is 4. The Labute approximate surface area is 145 Å². The van der Waals surface area contributed by atoms with Crippen molar-refractivity contribution in [2.75, 3.05) is 7.11 Å². The highest BCUT2D eigenvalue weighted by atomic mass is 32.2. The van der Waals surface area contributed by atoms with Crippen molar-refractivity contribution in [3.8, 4) is 5.75 Å². The Kier molecular flexibility index (Phi) is 3.49. The van der Waals surface area contributed by atoms with Gasteiger partial charge in [-0.2, -0.15) is 13.2 Å². The summed E-state index contributed by atoms with van der Waals surface area (Å²) < 4.78 is 47.0. The number of aromatic nitrogens is 1. The second-order valence-electron chi connectivity index (χ2n) is 5.69. The Hall–Kier alpha value is -2.25. The van der Waals surface area contributed by atoms with Gasteiger partial charge in [-0.1, -0.05) is 30.0 Å². The highest BCUT2D eigenvalue weighted by molar-refractivity contribution is 7.99. The third-order valence-electron chi connectivity index (χ3n) is 4.31. The molecule has 0 amide bonds. The van der Waals surface area contributed by atoms with Gasteiger partial charge < -0.3 is 9.84 Å². The summed E-state index contributed by atoms with van der Waals surface area (Å²) in [5.74, 6) is 0.249. The molecule has 0 saturated carbocycles. The molecule has 1 aliphatic rings. The minimum Gasteiger partial charge on any atom is -0.497 e. The number of pyridine rings is 1. The van der Waals surface area contributed by atoms with Crippen LogP contribution in [0.4, 0.5) is 13.2 Å². The fraction of sp³-hybridized carbons (Fsp3) is 0.167. The van der Waals surface area contributed by atoms with Gasteiger partial charge in [-0.05, 0) is 24.3 Å². The smallest absolute Gasteiger partial charge is 0.425 e. The molecule has 1 aliphatic heterocycles. The van der Waals surface area contributed by atoms with Crippen molar-refractivity contribution in [1.29, 1.82) is 0 Å². The Morgan fingerprint density at radius 3 is 2.60 bits per heavy atom. The molecular weight excluding hydrogens is 351 g/mol. The maximum absolute atomic E-state index is 14.0. The van der Waals surface area contributed by atoms with E-state index in [2.05, 4.69) is 4.98 Å². The quantitative estimate of drug-likeness (QED) is 0.691. The normalized spacial score (nSPS) is 19.4. The van der Waals surface area contributed by atoms with Gasteiger partial charge in [0.1, 0.15) is 5.75 Å². The van der Waals surface area contributed by atoms with Crippen LogP contribution in [0, 0.1) is 0 Å². The molecule has 0 aliphatic carbocycles. The van der Waals surface area contributed by atoms with Crippen molar-refractivity contribution in [3.63, 3.8) is 0 Å². The van der Waals surface area contributed by atoms with Crippen LogP contribution >= 0.6 is 11.8 Å². The number of halogens is 3. The number of methoxy groups -OCH3 is 1. The second kappa shape index (κ2) is 5.37. The van der Waals surface area contributed by atoms with Gasteiger partial charge in [-0.15, -0.1) is 0 Å². The zero-order chi connectivity index (χ0) is 17.8. The zero-order valence-corrected chi connectivity index (χ0v) is 13.8. The van der Waals surface area contributed by atoms with Gasteiger partial charge in [0, 0.05) is 32.5 Å². The average molecular weight is 363 g/mol. The van der Waals surface area contributed by atoms with Crippen molar-refractivity contribution in [1.82, 2.24) is 4.98 Å². The van der Waals surface area contributed by atoms with E-state index in [1.807, 2.05) is 0 Å². The molecule has 4 rings (SSSR count). The van der Waals surface area contributed by atoms with Crippen molar-refractivity contribution in [2.45, 2.75) is 21.6 Å². The van der Waals surface area contributed by atoms with Gasteiger partial charge in [0.2, 0.25) is 5.60 Å². The van der Waals surface area contributed by atoms with Crippen LogP contribution in [-0.4, -0.2) is 23.4 Å². The summed E-state index contributed by atoms with van der Waals surface area (Å²) in [6, 6.07) is 11.3. The van der Waals surface area contributed by atoms with Gasteiger partial charge in [0.15, 0.2) is 0 Å². The largest absolute Gasteiger partial charge is 0.497 e. The first-order chi connectivity index (χ1) is 11.9. The molecule has 0 fully saturated rings. The Morgan fingerprint density at radius 2 is 1.88 bits per heavy atom. The van der Waals surface area contributed by atoms with E-state index in [0.29, 0.717) is 20.7 Å². The molecular formula is C18H12F3NO2S. The van der Waals surface area contributed by atoms with E-state index < -0.39 is 11.8 Å². The van der Waals surface area contributed by atoms with Crippen LogP contribution < -0.4 is 4.74 Å². The van der Waals surface area contributed by atoms with Gasteiger partial charge in [-0.3, -0.25) is 4.98 Å². The summed E-state index contributed by atoms with van der Waals surface area (Å²) in [6.45, 7) is 0. The highest BCUT2D eigenvalue weighted by Gasteiger charge is 2.60. The van der Waals surface area contributed by atoms with Crippen LogP contribution in [0.2, 0.25) is 0 Å². The molecule has 0 bridgehead atoms. The van der Waals surface area contributed by atoms with Gasteiger partial charge in [0.25, 0.3) is 0 Å². The first-order valence-electron chi connectivity index (χ1n) is 7.40. The molecule has 7 heteroatoms. The zero-order valence-electron chi connectivity index (χ0n) is 13.0. The predicted octanol–water partition coefficient (Wildman–Crippen LogP) is 4.51. The molecule has 0 saturated heterocycles. The molecule has 1 aromatic heterocycles. The molecule has 0 spiro atoms. The highest BCUT2D eigenvalue weighted by Crippen LogP contribution is 2.56. The summed E-state index contributed by atoms with van der Waals surface area (Å²) in [4.78, 5) is 4.82. The fourth-order valence-corrected chi connectivity index (χ4v) is 4.32. The van der Waals surface area contributed by atoms with E-state index >= 15 is 0 Å². The first kappa shape index (κ1) is 16.2. The Balaban J connectivity index is 2.09. The third kappa shape index (κ3) is 2.22. The number of rotatable bonds is 1. The number of ether oxygens (including phenoxy) is 1. The van der Waals surface area contributed by atoms with Crippen LogP contribution in [0.25, 0.3) is 10.9 Å². The maximum Gasteiger partial charge on any atom is 0.425 e. The van der Waals surface area contributed by atoms with E-state index in [4.69, 9.17) is 4.74 Å². The number of alkyl halides is 3. The summed E-state index contributed by atoms with van der Waals surface area (Å²) in [7, 11) is 1.37. The Bertz CT molecular complexity index is 990. The summed E-state index contributed by atoms with van der Waals surface area (Å²) in [5.41, 5.74) is -3.07. The molecule has 3 nitrogen and oxygen atoms in total. The molecule has 1 atom stereocenters. The minimum atomic E-state index is -4.91. The lowest BCUT2D eigenvalue weighted by Crippen LogP contribution is -2.45. The summed E-state index contributed by atoms with van der Waals surface area (Å²) >= 11 is 1.19. The second-order valence-corrected chi connectivity index (χ2v) is 6.74. The van der Waals surface area contributed by atoms with Crippen molar-refractivity contribution < 1.29 is 23.0 Å². The number of para-hydroxylation sites is 1. The van der Waals surface area contributed by atoms with E-state index in [1.54, 1.807) is 30.3 Å². The van der Waals surface area contributed by atoms with Gasteiger partial charge >= 0.3 is 6.18 Å². The number of hydrogen-bond donors (Lipinski definition) is 1. The summed E-state index contributed by atoms with van der Waals surface area (Å²) in [6.07, 6.45) is -3.80. The summed E-state index contributed by atoms with van der Waals surface area (Å²) in [5, 5.41) is 11.4. The topological polar surface area (TPSA) is 42.4 Å². The molecule has 128 valence electrons. The number of fused-ring (bicyclic) bond motifs is 4. The molecule has 0 radical (unpaired) electrons. The third-order valence-corrected chi connectivity index (χ3v) is 5.53. The first-order valence-corrected chi connectivity index (χ1v) is 8.21. The maximum atomic E-state index is 14.0.